The van der Waals surface area contributed by atoms with E-state index < -0.39 is 11.7 Å². The molecule has 1 aromatic rings. The first-order chi connectivity index (χ1) is 8.86. The van der Waals surface area contributed by atoms with Crippen LogP contribution in [0.3, 0.4) is 0 Å². The van der Waals surface area contributed by atoms with Crippen LogP contribution in [0.5, 0.6) is 0 Å². The Kier molecular flexibility index (Phi) is 4.33. The molecule has 1 saturated carbocycles. The molecule has 2 rings (SSSR count). The van der Waals surface area contributed by atoms with Crippen LogP contribution in [0.4, 0.5) is 18.9 Å². The first-order valence-electron chi connectivity index (χ1n) is 6.49. The molecule has 0 aromatic heterocycles. The number of hydrogen-bond acceptors (Lipinski definition) is 2. The molecule has 0 spiro atoms. The van der Waals surface area contributed by atoms with Gasteiger partial charge in [0.1, 0.15) is 0 Å². The highest BCUT2D eigenvalue weighted by Gasteiger charge is 2.31. The zero-order valence-corrected chi connectivity index (χ0v) is 11.7. The molecule has 106 valence electrons. The maximum absolute atomic E-state index is 12.5. The van der Waals surface area contributed by atoms with Crippen molar-refractivity contribution in [2.75, 3.05) is 5.73 Å². The maximum atomic E-state index is 12.5. The van der Waals surface area contributed by atoms with Gasteiger partial charge in [0.05, 0.1) is 5.56 Å². The molecule has 1 aliphatic rings. The molecular weight excluding hydrogens is 271 g/mol. The van der Waals surface area contributed by atoms with E-state index in [4.69, 9.17) is 5.73 Å². The Morgan fingerprint density at radius 1 is 1.26 bits per heavy atom. The normalized spacial score (nSPS) is 24.4. The number of nitrogen functional groups attached to an aromatic ring is 1. The zero-order chi connectivity index (χ0) is 14.0. The highest BCUT2D eigenvalue weighted by atomic mass is 32.2. The van der Waals surface area contributed by atoms with E-state index in [9.17, 15) is 13.2 Å². The lowest BCUT2D eigenvalue weighted by Gasteiger charge is -2.26. The topological polar surface area (TPSA) is 26.0 Å². The Balaban J connectivity index is 2.09. The summed E-state index contributed by atoms with van der Waals surface area (Å²) in [6.45, 7) is 2.23. The van der Waals surface area contributed by atoms with Gasteiger partial charge in [-0.3, -0.25) is 0 Å². The van der Waals surface area contributed by atoms with Crippen LogP contribution in [-0.2, 0) is 6.18 Å². The molecule has 2 atom stereocenters. The minimum Gasteiger partial charge on any atom is -0.398 e. The van der Waals surface area contributed by atoms with E-state index in [0.29, 0.717) is 11.2 Å². The summed E-state index contributed by atoms with van der Waals surface area (Å²) < 4.78 is 37.6. The molecule has 5 heteroatoms. The number of hydrogen-bond donors (Lipinski definition) is 1. The second kappa shape index (κ2) is 5.65. The maximum Gasteiger partial charge on any atom is 0.416 e. The van der Waals surface area contributed by atoms with Crippen molar-refractivity contribution in [1.82, 2.24) is 0 Å². The minimum atomic E-state index is -4.32. The van der Waals surface area contributed by atoms with Gasteiger partial charge >= 0.3 is 6.18 Å². The van der Waals surface area contributed by atoms with E-state index in [1.54, 1.807) is 11.8 Å². The highest BCUT2D eigenvalue weighted by Crippen LogP contribution is 2.40. The van der Waals surface area contributed by atoms with Gasteiger partial charge in [-0.25, -0.2) is 0 Å². The molecule has 0 heterocycles. The predicted octanol–water partition coefficient (Wildman–Crippen LogP) is 4.96. The molecule has 0 aliphatic heterocycles. The van der Waals surface area contributed by atoms with Gasteiger partial charge < -0.3 is 5.73 Å². The van der Waals surface area contributed by atoms with E-state index in [-0.39, 0.29) is 5.69 Å². The summed E-state index contributed by atoms with van der Waals surface area (Å²) >= 11 is 1.62. The Hall–Kier alpha value is -0.840. The highest BCUT2D eigenvalue weighted by molar-refractivity contribution is 8.00. The van der Waals surface area contributed by atoms with Crippen LogP contribution in [0.2, 0.25) is 0 Å². The van der Waals surface area contributed by atoms with Gasteiger partial charge in [0, 0.05) is 15.8 Å². The van der Waals surface area contributed by atoms with Gasteiger partial charge in [0.2, 0.25) is 0 Å². The third-order valence-electron chi connectivity index (χ3n) is 3.52. The molecule has 0 radical (unpaired) electrons. The van der Waals surface area contributed by atoms with Gasteiger partial charge in [-0.05, 0) is 37.0 Å². The molecule has 2 unspecified atom stereocenters. The fourth-order valence-corrected chi connectivity index (χ4v) is 3.91. The monoisotopic (exact) mass is 289 g/mol. The second-order valence-corrected chi connectivity index (χ2v) is 6.60. The van der Waals surface area contributed by atoms with Crippen molar-refractivity contribution >= 4 is 17.4 Å². The van der Waals surface area contributed by atoms with Crippen LogP contribution in [0, 0.1) is 5.92 Å². The lowest BCUT2D eigenvalue weighted by Crippen LogP contribution is -2.15. The van der Waals surface area contributed by atoms with Gasteiger partial charge in [0.25, 0.3) is 0 Å². The summed E-state index contributed by atoms with van der Waals surface area (Å²) in [7, 11) is 0. The standard InChI is InChI=1S/C14H18F3NS/c1-9-3-2-4-11(7-9)19-13-6-5-10(8-12(13)18)14(15,16)17/h5-6,8-9,11H,2-4,7,18H2,1H3. The number of rotatable bonds is 2. The van der Waals surface area contributed by atoms with E-state index >= 15 is 0 Å². The predicted molar refractivity (Wildman–Crippen MR) is 73.1 cm³/mol. The van der Waals surface area contributed by atoms with Gasteiger partial charge in [0.15, 0.2) is 0 Å². The first kappa shape index (κ1) is 14.6. The average molecular weight is 289 g/mol. The third-order valence-corrected chi connectivity index (χ3v) is 4.91. The van der Waals surface area contributed by atoms with E-state index in [1.807, 2.05) is 0 Å². The van der Waals surface area contributed by atoms with Crippen molar-refractivity contribution in [3.8, 4) is 0 Å². The third kappa shape index (κ3) is 3.81. The van der Waals surface area contributed by atoms with E-state index in [1.165, 1.54) is 18.9 Å². The number of thioether (sulfide) groups is 1. The van der Waals surface area contributed by atoms with Crippen LogP contribution < -0.4 is 5.73 Å². The van der Waals surface area contributed by atoms with Crippen LogP contribution in [0.25, 0.3) is 0 Å². The summed E-state index contributed by atoms with van der Waals surface area (Å²) in [6, 6.07) is 3.65. The largest absolute Gasteiger partial charge is 0.416 e. The molecule has 19 heavy (non-hydrogen) atoms. The summed E-state index contributed by atoms with van der Waals surface area (Å²) in [5.74, 6) is 0.696. The summed E-state index contributed by atoms with van der Waals surface area (Å²) in [5.41, 5.74) is 5.31. The molecule has 1 aliphatic carbocycles. The van der Waals surface area contributed by atoms with Crippen molar-refractivity contribution in [2.45, 2.75) is 48.9 Å². The first-order valence-corrected chi connectivity index (χ1v) is 7.37. The molecule has 0 bridgehead atoms. The molecule has 1 fully saturated rings. The van der Waals surface area contributed by atoms with Crippen LogP contribution in [0.15, 0.2) is 23.1 Å². The van der Waals surface area contributed by atoms with E-state index in [2.05, 4.69) is 6.92 Å². The molecule has 1 aromatic carbocycles. The van der Waals surface area contributed by atoms with Crippen LogP contribution >= 0.6 is 11.8 Å². The molecule has 1 nitrogen and oxygen atoms in total. The van der Waals surface area contributed by atoms with Crippen LogP contribution in [-0.4, -0.2) is 5.25 Å². The van der Waals surface area contributed by atoms with Gasteiger partial charge in [-0.2, -0.15) is 13.2 Å². The zero-order valence-electron chi connectivity index (χ0n) is 10.8. The fraction of sp³-hybridized carbons (Fsp3) is 0.571. The number of anilines is 1. The average Bonchev–Trinajstić information content (AvgIpc) is 2.30. The Labute approximate surface area is 115 Å². The summed E-state index contributed by atoms with van der Waals surface area (Å²) in [5, 5.41) is 0.475. The Morgan fingerprint density at radius 2 is 2.00 bits per heavy atom. The second-order valence-electron chi connectivity index (χ2n) is 5.26. The van der Waals surface area contributed by atoms with Crippen molar-refractivity contribution in [2.24, 2.45) is 5.92 Å². The molecule has 2 N–H and O–H groups in total. The minimum absolute atomic E-state index is 0.234. The smallest absolute Gasteiger partial charge is 0.398 e. The number of nitrogens with two attached hydrogens (primary N) is 1. The summed E-state index contributed by atoms with van der Waals surface area (Å²) in [6.07, 6.45) is 0.357. The lowest BCUT2D eigenvalue weighted by atomic mass is 9.91. The van der Waals surface area contributed by atoms with Gasteiger partial charge in [-0.15, -0.1) is 11.8 Å². The fourth-order valence-electron chi connectivity index (χ4n) is 2.50. The number of halogens is 3. The SMILES string of the molecule is CC1CCCC(Sc2ccc(C(F)(F)F)cc2N)C1. The van der Waals surface area contributed by atoms with Crippen LogP contribution in [0.1, 0.15) is 38.2 Å². The van der Waals surface area contributed by atoms with Crippen molar-refractivity contribution in [3.63, 3.8) is 0 Å². The molecule has 0 saturated heterocycles. The quantitative estimate of drug-likeness (QED) is 0.779. The van der Waals surface area contributed by atoms with Crippen molar-refractivity contribution < 1.29 is 13.2 Å². The van der Waals surface area contributed by atoms with E-state index in [0.717, 1.165) is 29.9 Å². The van der Waals surface area contributed by atoms with Crippen molar-refractivity contribution in [1.29, 1.82) is 0 Å². The lowest BCUT2D eigenvalue weighted by molar-refractivity contribution is -0.137. The number of benzene rings is 1. The summed E-state index contributed by atoms with van der Waals surface area (Å²) in [4.78, 5) is 0.770. The Morgan fingerprint density at radius 3 is 2.58 bits per heavy atom. The van der Waals surface area contributed by atoms with Crippen molar-refractivity contribution in [3.05, 3.63) is 23.8 Å². The number of alkyl halides is 3. The molecule has 0 amide bonds. The Bertz CT molecular complexity index is 445. The van der Waals surface area contributed by atoms with Gasteiger partial charge in [-0.1, -0.05) is 19.8 Å². The molecular formula is C14H18F3NS.